The summed E-state index contributed by atoms with van der Waals surface area (Å²) in [6, 6.07) is 0. The second-order valence-corrected chi connectivity index (χ2v) is 1.39. The molecule has 43 valence electrons. The van der Waals surface area contributed by atoms with Crippen LogP contribution in [0.15, 0.2) is 0 Å². The van der Waals surface area contributed by atoms with E-state index in [-0.39, 0.29) is 0 Å². The Morgan fingerprint density at radius 3 is 2.71 bits per heavy atom. The normalized spacial score (nSPS) is 9.43. The lowest BCUT2D eigenvalue weighted by Gasteiger charge is -1.93. The van der Waals surface area contributed by atoms with Crippen LogP contribution in [0.25, 0.3) is 0 Å². The van der Waals surface area contributed by atoms with E-state index in [1.807, 2.05) is 7.05 Å². The summed E-state index contributed by atoms with van der Waals surface area (Å²) in [6.07, 6.45) is 1.05. The quantitative estimate of drug-likeness (QED) is 0.467. The van der Waals surface area contributed by atoms with Gasteiger partial charge >= 0.3 is 0 Å². The van der Waals surface area contributed by atoms with Crippen LogP contribution in [0, 0.1) is 0 Å². The van der Waals surface area contributed by atoms with Crippen LogP contribution in [-0.2, 0) is 4.74 Å². The van der Waals surface area contributed by atoms with Crippen molar-refractivity contribution in [2.24, 2.45) is 0 Å². The molecule has 0 heterocycles. The molecule has 0 unspecified atom stereocenters. The van der Waals surface area contributed by atoms with Gasteiger partial charge in [0.25, 0.3) is 0 Å². The molecule has 0 fully saturated rings. The molecule has 0 aliphatic heterocycles. The van der Waals surface area contributed by atoms with Gasteiger partial charge in [0.1, 0.15) is 0 Å². The number of ether oxygens (including phenoxy) is 1. The molecule has 2 nitrogen and oxygen atoms in total. The zero-order valence-electron chi connectivity index (χ0n) is 4.98. The maximum atomic E-state index is 4.78. The van der Waals surface area contributed by atoms with Crippen LogP contribution in [0.1, 0.15) is 6.42 Å². The lowest BCUT2D eigenvalue weighted by Crippen LogP contribution is -2.02. The predicted octanol–water partition coefficient (Wildman–Crippen LogP) is 0.257. The summed E-state index contributed by atoms with van der Waals surface area (Å²) >= 11 is 0. The van der Waals surface area contributed by atoms with Crippen molar-refractivity contribution in [2.75, 3.05) is 27.3 Å². The Morgan fingerprint density at radius 1 is 1.57 bits per heavy atom. The third-order valence-electron chi connectivity index (χ3n) is 0.730. The number of rotatable bonds is 4. The number of hydrogen-bond donors (Lipinski definition) is 0. The molecule has 0 saturated carbocycles. The van der Waals surface area contributed by atoms with Crippen LogP contribution >= 0.6 is 0 Å². The Morgan fingerprint density at radius 2 is 2.29 bits per heavy atom. The van der Waals surface area contributed by atoms with Gasteiger partial charge in [-0.3, -0.25) is 0 Å². The molecule has 1 radical (unpaired) electrons. The summed E-state index contributed by atoms with van der Waals surface area (Å²) in [5, 5.41) is 3.89. The Balaban J connectivity index is 2.45. The van der Waals surface area contributed by atoms with E-state index < -0.39 is 0 Å². The van der Waals surface area contributed by atoms with Crippen LogP contribution in [-0.4, -0.2) is 27.3 Å². The van der Waals surface area contributed by atoms with E-state index in [0.717, 1.165) is 19.6 Å². The summed E-state index contributed by atoms with van der Waals surface area (Å²) in [7, 11) is 3.52. The van der Waals surface area contributed by atoms with E-state index in [1.165, 1.54) is 0 Å². The zero-order valence-corrected chi connectivity index (χ0v) is 4.98. The topological polar surface area (TPSA) is 23.3 Å². The number of nitrogens with zero attached hydrogens (tertiary/aromatic N) is 1. The van der Waals surface area contributed by atoms with Gasteiger partial charge in [-0.15, -0.1) is 0 Å². The van der Waals surface area contributed by atoms with Crippen LogP contribution in [0.2, 0.25) is 0 Å². The van der Waals surface area contributed by atoms with Crippen molar-refractivity contribution in [2.45, 2.75) is 6.42 Å². The van der Waals surface area contributed by atoms with Gasteiger partial charge in [0, 0.05) is 27.3 Å². The van der Waals surface area contributed by atoms with E-state index in [2.05, 4.69) is 5.32 Å². The molecule has 0 rings (SSSR count). The van der Waals surface area contributed by atoms with E-state index >= 15 is 0 Å². The van der Waals surface area contributed by atoms with Gasteiger partial charge in [-0.05, 0) is 6.42 Å². The van der Waals surface area contributed by atoms with Gasteiger partial charge in [0.05, 0.1) is 0 Å². The van der Waals surface area contributed by atoms with Crippen molar-refractivity contribution >= 4 is 0 Å². The summed E-state index contributed by atoms with van der Waals surface area (Å²) in [6.45, 7) is 1.76. The minimum Gasteiger partial charge on any atom is -0.385 e. The molecule has 0 bridgehead atoms. The molecule has 0 amide bonds. The standard InChI is InChI=1S/C5H12NO/c1-6-4-3-5-7-2/h3-5H2,1-2H3. The fourth-order valence-corrected chi connectivity index (χ4v) is 0.367. The predicted molar refractivity (Wildman–Crippen MR) is 29.4 cm³/mol. The van der Waals surface area contributed by atoms with Crippen molar-refractivity contribution in [3.63, 3.8) is 0 Å². The first-order chi connectivity index (χ1) is 3.41. The van der Waals surface area contributed by atoms with Crippen molar-refractivity contribution in [1.82, 2.24) is 5.32 Å². The van der Waals surface area contributed by atoms with E-state index in [0.29, 0.717) is 0 Å². The second-order valence-electron chi connectivity index (χ2n) is 1.39. The smallest absolute Gasteiger partial charge is 0.0475 e. The Hall–Kier alpha value is -0.0800. The highest BCUT2D eigenvalue weighted by molar-refractivity contribution is 4.35. The first kappa shape index (κ1) is 6.92. The first-order valence-corrected chi connectivity index (χ1v) is 2.46. The molecule has 0 N–H and O–H groups in total. The van der Waals surface area contributed by atoms with Gasteiger partial charge in [-0.1, -0.05) is 0 Å². The summed E-state index contributed by atoms with van der Waals surface area (Å²) in [4.78, 5) is 0. The van der Waals surface area contributed by atoms with Crippen molar-refractivity contribution < 1.29 is 4.74 Å². The van der Waals surface area contributed by atoms with Crippen LogP contribution in [0.4, 0.5) is 0 Å². The summed E-state index contributed by atoms with van der Waals surface area (Å²) < 4.78 is 4.78. The van der Waals surface area contributed by atoms with Gasteiger partial charge < -0.3 is 4.74 Å². The largest absolute Gasteiger partial charge is 0.385 e. The van der Waals surface area contributed by atoms with Gasteiger partial charge in [-0.2, -0.15) is 0 Å². The molecule has 0 spiro atoms. The van der Waals surface area contributed by atoms with E-state index in [9.17, 15) is 0 Å². The average Bonchev–Trinajstić information content (AvgIpc) is 1.69. The Labute approximate surface area is 44.9 Å². The highest BCUT2D eigenvalue weighted by Gasteiger charge is 1.79. The molecule has 0 atom stereocenters. The lowest BCUT2D eigenvalue weighted by molar-refractivity contribution is 0.195. The maximum absolute atomic E-state index is 4.78. The third kappa shape index (κ3) is 5.92. The molecule has 0 aromatic rings. The highest BCUT2D eigenvalue weighted by Crippen LogP contribution is 1.74. The fourth-order valence-electron chi connectivity index (χ4n) is 0.367. The molecule has 0 aliphatic rings. The number of hydrogen-bond acceptors (Lipinski definition) is 1. The minimum atomic E-state index is 0.831. The molecule has 0 aromatic carbocycles. The molecular formula is C5H12NO. The van der Waals surface area contributed by atoms with Gasteiger partial charge in [-0.25, -0.2) is 5.32 Å². The van der Waals surface area contributed by atoms with Crippen molar-refractivity contribution in [3.05, 3.63) is 0 Å². The fraction of sp³-hybridized carbons (Fsp3) is 1.00. The maximum Gasteiger partial charge on any atom is 0.0475 e. The van der Waals surface area contributed by atoms with Crippen LogP contribution in [0.3, 0.4) is 0 Å². The Bertz CT molecular complexity index is 27.3. The van der Waals surface area contributed by atoms with Crippen LogP contribution < -0.4 is 5.32 Å². The van der Waals surface area contributed by atoms with Crippen LogP contribution in [0.5, 0.6) is 0 Å². The monoisotopic (exact) mass is 102 g/mol. The van der Waals surface area contributed by atoms with Gasteiger partial charge in [0.2, 0.25) is 0 Å². The summed E-state index contributed by atoms with van der Waals surface area (Å²) in [5.41, 5.74) is 0. The molecule has 0 saturated heterocycles. The lowest BCUT2D eigenvalue weighted by atomic mass is 10.5. The second kappa shape index (κ2) is 5.92. The van der Waals surface area contributed by atoms with Gasteiger partial charge in [0.15, 0.2) is 0 Å². The minimum absolute atomic E-state index is 0.831. The van der Waals surface area contributed by atoms with E-state index in [4.69, 9.17) is 4.74 Å². The van der Waals surface area contributed by atoms with Crippen molar-refractivity contribution in [3.8, 4) is 0 Å². The highest BCUT2D eigenvalue weighted by atomic mass is 16.5. The van der Waals surface area contributed by atoms with Crippen molar-refractivity contribution in [1.29, 1.82) is 0 Å². The average molecular weight is 102 g/mol. The molecule has 2 heteroatoms. The molecular weight excluding hydrogens is 90.1 g/mol. The SMILES string of the molecule is C[N]CCCOC. The Kier molecular flexibility index (Phi) is 5.85. The zero-order chi connectivity index (χ0) is 5.54. The molecule has 0 aliphatic carbocycles. The number of methoxy groups -OCH3 is 1. The third-order valence-corrected chi connectivity index (χ3v) is 0.730. The first-order valence-electron chi connectivity index (χ1n) is 2.46. The summed E-state index contributed by atoms with van der Waals surface area (Å²) in [5.74, 6) is 0. The molecule has 7 heavy (non-hydrogen) atoms. The van der Waals surface area contributed by atoms with E-state index in [1.54, 1.807) is 7.11 Å². The molecule has 0 aromatic heterocycles.